The van der Waals surface area contributed by atoms with E-state index in [2.05, 4.69) is 16.3 Å². The molecule has 0 aliphatic carbocycles. The minimum atomic E-state index is -0.289. The maximum Gasteiger partial charge on any atom is 0.256 e. The van der Waals surface area contributed by atoms with Crippen LogP contribution in [0.1, 0.15) is 39.4 Å². The molecule has 38 heavy (non-hydrogen) atoms. The lowest BCUT2D eigenvalue weighted by molar-refractivity contribution is 0.0674. The number of benzene rings is 3. The van der Waals surface area contributed by atoms with E-state index in [-0.39, 0.29) is 18.0 Å². The highest BCUT2D eigenvalue weighted by Gasteiger charge is 2.36. The number of ether oxygens (including phenoxy) is 2. The van der Waals surface area contributed by atoms with Crippen LogP contribution < -0.4 is 15.0 Å². The maximum absolute atomic E-state index is 13.2. The average Bonchev–Trinajstić information content (AvgIpc) is 3.23. The molecule has 3 aromatic rings. The second-order valence-corrected chi connectivity index (χ2v) is 9.38. The standard InChI is InChI=1S/C30H34N4O4/c1-3-38-27-11-7-6-10-26(27)32-16-18-33(19-17-32)29(35)22-12-14-23(15-13-22)31-28-24-8-4-5-9-25(24)30(36)34(28)20-21-37-2/h4-15,28,31H,3,16-21H2,1-2H3/t28-/m1/s1. The molecular formula is C30H34N4O4. The Kier molecular flexibility index (Phi) is 7.79. The zero-order valence-electron chi connectivity index (χ0n) is 21.9. The lowest BCUT2D eigenvalue weighted by Gasteiger charge is -2.36. The third-order valence-corrected chi connectivity index (χ3v) is 7.10. The molecule has 0 aromatic heterocycles. The van der Waals surface area contributed by atoms with Crippen LogP contribution in [0.25, 0.3) is 0 Å². The fourth-order valence-corrected chi connectivity index (χ4v) is 5.14. The van der Waals surface area contributed by atoms with Gasteiger partial charge in [-0.3, -0.25) is 9.59 Å². The van der Waals surface area contributed by atoms with Crippen LogP contribution in [0.15, 0.2) is 72.8 Å². The van der Waals surface area contributed by atoms with Crippen molar-refractivity contribution in [3.8, 4) is 5.75 Å². The Bertz CT molecular complexity index is 1270. The summed E-state index contributed by atoms with van der Waals surface area (Å²) in [4.78, 5) is 32.2. The van der Waals surface area contributed by atoms with Gasteiger partial charge >= 0.3 is 0 Å². The summed E-state index contributed by atoms with van der Waals surface area (Å²) in [6.45, 7) is 6.34. The van der Waals surface area contributed by atoms with Crippen molar-refractivity contribution in [2.75, 3.05) is 63.3 Å². The first-order valence-corrected chi connectivity index (χ1v) is 13.1. The number of carbonyl (C=O) groups is 2. The second kappa shape index (κ2) is 11.6. The molecule has 2 aliphatic rings. The highest BCUT2D eigenvalue weighted by atomic mass is 16.5. The highest BCUT2D eigenvalue weighted by Crippen LogP contribution is 2.34. The van der Waals surface area contributed by atoms with E-state index in [0.29, 0.717) is 44.0 Å². The molecule has 0 bridgehead atoms. The number of hydrogen-bond acceptors (Lipinski definition) is 6. The summed E-state index contributed by atoms with van der Waals surface area (Å²) >= 11 is 0. The quantitative estimate of drug-likeness (QED) is 0.460. The second-order valence-electron chi connectivity index (χ2n) is 9.38. The summed E-state index contributed by atoms with van der Waals surface area (Å²) in [5.41, 5.74) is 4.21. The molecule has 3 aromatic carbocycles. The van der Waals surface area contributed by atoms with E-state index in [1.807, 2.05) is 78.6 Å². The van der Waals surface area contributed by atoms with E-state index in [4.69, 9.17) is 9.47 Å². The average molecular weight is 515 g/mol. The van der Waals surface area contributed by atoms with Crippen LogP contribution in [0.2, 0.25) is 0 Å². The van der Waals surface area contributed by atoms with Gasteiger partial charge in [0.05, 0.1) is 18.9 Å². The van der Waals surface area contributed by atoms with Crippen molar-refractivity contribution in [2.24, 2.45) is 0 Å². The molecule has 198 valence electrons. The van der Waals surface area contributed by atoms with Crippen molar-refractivity contribution >= 4 is 23.2 Å². The number of methoxy groups -OCH3 is 1. The number of rotatable bonds is 9. The number of anilines is 2. The fourth-order valence-electron chi connectivity index (χ4n) is 5.14. The number of fused-ring (bicyclic) bond motifs is 1. The molecule has 1 atom stereocenters. The Balaban J connectivity index is 1.23. The van der Waals surface area contributed by atoms with E-state index in [1.54, 1.807) is 12.0 Å². The molecule has 0 spiro atoms. The summed E-state index contributed by atoms with van der Waals surface area (Å²) in [6, 6.07) is 23.2. The van der Waals surface area contributed by atoms with Crippen LogP contribution in [0.4, 0.5) is 11.4 Å². The number of amides is 2. The van der Waals surface area contributed by atoms with E-state index >= 15 is 0 Å². The molecule has 5 rings (SSSR count). The molecule has 2 heterocycles. The first-order valence-electron chi connectivity index (χ1n) is 13.1. The minimum Gasteiger partial charge on any atom is -0.492 e. The van der Waals surface area contributed by atoms with Crippen molar-refractivity contribution in [3.63, 3.8) is 0 Å². The van der Waals surface area contributed by atoms with Crippen LogP contribution >= 0.6 is 0 Å². The predicted molar refractivity (Wildman–Crippen MR) is 148 cm³/mol. The Hall–Kier alpha value is -4.04. The van der Waals surface area contributed by atoms with Gasteiger partial charge in [-0.1, -0.05) is 30.3 Å². The fraction of sp³-hybridized carbons (Fsp3) is 0.333. The molecule has 8 heteroatoms. The summed E-state index contributed by atoms with van der Waals surface area (Å²) in [7, 11) is 1.63. The van der Waals surface area contributed by atoms with Crippen LogP contribution in [-0.2, 0) is 4.74 Å². The van der Waals surface area contributed by atoms with Gasteiger partial charge in [-0.15, -0.1) is 0 Å². The van der Waals surface area contributed by atoms with Crippen LogP contribution in [-0.4, -0.2) is 74.7 Å². The summed E-state index contributed by atoms with van der Waals surface area (Å²) in [5, 5.41) is 3.48. The van der Waals surface area contributed by atoms with Gasteiger partial charge in [0, 0.05) is 62.2 Å². The van der Waals surface area contributed by atoms with Gasteiger partial charge in [-0.25, -0.2) is 0 Å². The molecule has 8 nitrogen and oxygen atoms in total. The lowest BCUT2D eigenvalue weighted by Crippen LogP contribution is -2.48. The number of nitrogens with one attached hydrogen (secondary N) is 1. The topological polar surface area (TPSA) is 74.4 Å². The summed E-state index contributed by atoms with van der Waals surface area (Å²) < 4.78 is 11.0. The number of hydrogen-bond donors (Lipinski definition) is 1. The van der Waals surface area contributed by atoms with Crippen LogP contribution in [0, 0.1) is 0 Å². The van der Waals surface area contributed by atoms with Gasteiger partial charge in [-0.05, 0) is 49.4 Å². The summed E-state index contributed by atoms with van der Waals surface area (Å²) in [6.07, 6.45) is -0.289. The van der Waals surface area contributed by atoms with E-state index in [1.165, 1.54) is 0 Å². The van der Waals surface area contributed by atoms with Gasteiger partial charge in [0.15, 0.2) is 0 Å². The largest absolute Gasteiger partial charge is 0.492 e. The molecule has 1 fully saturated rings. The highest BCUT2D eigenvalue weighted by molar-refractivity contribution is 5.99. The van der Waals surface area contributed by atoms with Crippen LogP contribution in [0.5, 0.6) is 5.75 Å². The van der Waals surface area contributed by atoms with Gasteiger partial charge in [0.1, 0.15) is 11.9 Å². The molecule has 1 saturated heterocycles. The Morgan fingerprint density at radius 3 is 2.39 bits per heavy atom. The minimum absolute atomic E-state index is 0.00929. The normalized spacial score (nSPS) is 16.9. The van der Waals surface area contributed by atoms with E-state index < -0.39 is 0 Å². The predicted octanol–water partition coefficient (Wildman–Crippen LogP) is 4.26. The van der Waals surface area contributed by atoms with Gasteiger partial charge in [-0.2, -0.15) is 0 Å². The van der Waals surface area contributed by atoms with Crippen LogP contribution in [0.3, 0.4) is 0 Å². The lowest BCUT2D eigenvalue weighted by atomic mass is 10.1. The number of carbonyl (C=O) groups excluding carboxylic acids is 2. The molecule has 0 saturated carbocycles. The molecule has 1 N–H and O–H groups in total. The van der Waals surface area contributed by atoms with Crippen molar-refractivity contribution < 1.29 is 19.1 Å². The van der Waals surface area contributed by atoms with E-state index in [9.17, 15) is 9.59 Å². The van der Waals surface area contributed by atoms with Gasteiger partial charge in [0.2, 0.25) is 0 Å². The molecule has 0 unspecified atom stereocenters. The first-order chi connectivity index (χ1) is 18.6. The number of para-hydroxylation sites is 2. The third kappa shape index (κ3) is 5.17. The van der Waals surface area contributed by atoms with Crippen molar-refractivity contribution in [1.29, 1.82) is 0 Å². The van der Waals surface area contributed by atoms with E-state index in [0.717, 1.165) is 35.8 Å². The Labute approximate surface area is 223 Å². The first kappa shape index (κ1) is 25.6. The zero-order valence-corrected chi connectivity index (χ0v) is 21.9. The third-order valence-electron chi connectivity index (χ3n) is 7.10. The molecule has 2 amide bonds. The maximum atomic E-state index is 13.2. The van der Waals surface area contributed by atoms with Crippen molar-refractivity contribution in [3.05, 3.63) is 89.5 Å². The Morgan fingerprint density at radius 1 is 0.947 bits per heavy atom. The summed E-state index contributed by atoms with van der Waals surface area (Å²) in [5.74, 6) is 0.896. The van der Waals surface area contributed by atoms with Crippen molar-refractivity contribution in [2.45, 2.75) is 13.1 Å². The molecule has 2 aliphatic heterocycles. The van der Waals surface area contributed by atoms with Gasteiger partial charge in [0.25, 0.3) is 11.8 Å². The smallest absolute Gasteiger partial charge is 0.256 e. The molecule has 0 radical (unpaired) electrons. The van der Waals surface area contributed by atoms with Gasteiger partial charge < -0.3 is 29.5 Å². The number of nitrogens with zero attached hydrogens (tertiary/aromatic N) is 3. The number of piperazine rings is 1. The zero-order chi connectivity index (χ0) is 26.5. The molecular weight excluding hydrogens is 480 g/mol. The monoisotopic (exact) mass is 514 g/mol. The SMILES string of the molecule is CCOc1ccccc1N1CCN(C(=O)c2ccc(N[C@H]3c4ccccc4C(=O)N3CCOC)cc2)CC1. The van der Waals surface area contributed by atoms with Crippen molar-refractivity contribution in [1.82, 2.24) is 9.80 Å². The Morgan fingerprint density at radius 2 is 1.66 bits per heavy atom.